The molecule has 1 fully saturated rings. The van der Waals surface area contributed by atoms with Crippen molar-refractivity contribution in [1.29, 1.82) is 0 Å². The minimum Gasteiger partial charge on any atom is -0.340 e. The SMILES string of the molecule is C[C@@H]1C[C@@H]1C(=O)N1CCc2ncc(-c3cnn(C(F)F)c3)n2CC1. The Morgan fingerprint density at radius 1 is 1.29 bits per heavy atom. The van der Waals surface area contributed by atoms with E-state index in [1.807, 2.05) is 9.47 Å². The number of halogens is 2. The molecule has 0 spiro atoms. The Morgan fingerprint density at radius 2 is 2.08 bits per heavy atom. The molecule has 4 rings (SSSR count). The Labute approximate surface area is 138 Å². The second-order valence-corrected chi connectivity index (χ2v) is 6.59. The number of imidazole rings is 1. The molecular formula is C16H19F2N5O. The van der Waals surface area contributed by atoms with Crippen LogP contribution in [-0.4, -0.2) is 43.2 Å². The number of alkyl halides is 2. The van der Waals surface area contributed by atoms with Crippen molar-refractivity contribution in [3.63, 3.8) is 0 Å². The van der Waals surface area contributed by atoms with Crippen molar-refractivity contribution in [3.8, 4) is 11.3 Å². The van der Waals surface area contributed by atoms with Crippen LogP contribution < -0.4 is 0 Å². The quantitative estimate of drug-likeness (QED) is 0.864. The van der Waals surface area contributed by atoms with Crippen molar-refractivity contribution >= 4 is 5.91 Å². The molecule has 0 saturated heterocycles. The Morgan fingerprint density at radius 3 is 2.75 bits per heavy atom. The van der Waals surface area contributed by atoms with Gasteiger partial charge in [-0.3, -0.25) is 4.79 Å². The number of hydrogen-bond acceptors (Lipinski definition) is 3. The van der Waals surface area contributed by atoms with E-state index in [1.165, 1.54) is 12.4 Å². The molecule has 0 aromatic carbocycles. The number of rotatable bonds is 3. The van der Waals surface area contributed by atoms with Crippen molar-refractivity contribution in [2.24, 2.45) is 11.8 Å². The highest BCUT2D eigenvalue weighted by atomic mass is 19.3. The zero-order valence-electron chi connectivity index (χ0n) is 13.4. The summed E-state index contributed by atoms with van der Waals surface area (Å²) in [6, 6.07) is 0. The van der Waals surface area contributed by atoms with Crippen LogP contribution in [0.2, 0.25) is 0 Å². The summed E-state index contributed by atoms with van der Waals surface area (Å²) in [4.78, 5) is 18.8. The van der Waals surface area contributed by atoms with Crippen LogP contribution in [0, 0.1) is 11.8 Å². The van der Waals surface area contributed by atoms with Gasteiger partial charge in [-0.25, -0.2) is 9.67 Å². The van der Waals surface area contributed by atoms with Crippen molar-refractivity contribution < 1.29 is 13.6 Å². The lowest BCUT2D eigenvalue weighted by atomic mass is 10.2. The van der Waals surface area contributed by atoms with E-state index in [4.69, 9.17) is 0 Å². The molecule has 2 aromatic rings. The molecule has 0 bridgehead atoms. The number of hydrogen-bond donors (Lipinski definition) is 0. The molecule has 1 aliphatic carbocycles. The van der Waals surface area contributed by atoms with Crippen molar-refractivity contribution in [2.75, 3.05) is 13.1 Å². The number of nitrogens with zero attached hydrogens (tertiary/aromatic N) is 5. The summed E-state index contributed by atoms with van der Waals surface area (Å²) in [6.45, 7) is 1.36. The molecule has 0 unspecified atom stereocenters. The Hall–Kier alpha value is -2.25. The van der Waals surface area contributed by atoms with Crippen LogP contribution in [0.15, 0.2) is 18.6 Å². The van der Waals surface area contributed by atoms with Crippen LogP contribution in [0.5, 0.6) is 0 Å². The maximum atomic E-state index is 12.7. The predicted octanol–water partition coefficient (Wildman–Crippen LogP) is 2.18. The fraction of sp³-hybridized carbons (Fsp3) is 0.562. The summed E-state index contributed by atoms with van der Waals surface area (Å²) >= 11 is 0. The molecular weight excluding hydrogens is 316 g/mol. The molecule has 1 aliphatic heterocycles. The zero-order chi connectivity index (χ0) is 16.8. The zero-order valence-corrected chi connectivity index (χ0v) is 13.4. The second kappa shape index (κ2) is 5.68. The van der Waals surface area contributed by atoms with E-state index >= 15 is 0 Å². The van der Waals surface area contributed by atoms with Crippen LogP contribution in [-0.2, 0) is 17.8 Å². The molecule has 1 saturated carbocycles. The van der Waals surface area contributed by atoms with Gasteiger partial charge in [0, 0.05) is 43.7 Å². The lowest BCUT2D eigenvalue weighted by molar-refractivity contribution is -0.132. The molecule has 24 heavy (non-hydrogen) atoms. The van der Waals surface area contributed by atoms with Gasteiger partial charge in [0.15, 0.2) is 0 Å². The molecule has 0 radical (unpaired) electrons. The summed E-state index contributed by atoms with van der Waals surface area (Å²) in [5.41, 5.74) is 1.38. The summed E-state index contributed by atoms with van der Waals surface area (Å²) in [6.07, 6.45) is 6.11. The van der Waals surface area contributed by atoms with Crippen molar-refractivity contribution in [1.82, 2.24) is 24.2 Å². The minimum absolute atomic E-state index is 0.180. The van der Waals surface area contributed by atoms with Gasteiger partial charge in [-0.1, -0.05) is 6.92 Å². The standard InChI is InChI=1S/C16H19F2N5O/c1-10-6-12(10)15(24)21-3-2-14-19-8-13(22(14)5-4-21)11-7-20-23(9-11)16(17)18/h7-10,12,16H,2-6H2,1H3/t10-,12+/m1/s1. The number of fused-ring (bicyclic) bond motifs is 1. The molecule has 128 valence electrons. The van der Waals surface area contributed by atoms with Crippen molar-refractivity contribution in [3.05, 3.63) is 24.4 Å². The van der Waals surface area contributed by atoms with Crippen LogP contribution in [0.3, 0.4) is 0 Å². The smallest absolute Gasteiger partial charge is 0.333 e. The summed E-state index contributed by atoms with van der Waals surface area (Å²) < 4.78 is 28.1. The van der Waals surface area contributed by atoms with Gasteiger partial charge in [0.25, 0.3) is 0 Å². The second-order valence-electron chi connectivity index (χ2n) is 6.59. The minimum atomic E-state index is -2.65. The molecule has 2 aliphatic rings. The Balaban J connectivity index is 1.54. The highest BCUT2D eigenvalue weighted by Gasteiger charge is 2.41. The van der Waals surface area contributed by atoms with E-state index in [2.05, 4.69) is 17.0 Å². The first-order valence-electron chi connectivity index (χ1n) is 8.20. The normalized spacial score (nSPS) is 23.2. The molecule has 0 N–H and O–H groups in total. The van der Waals surface area contributed by atoms with Gasteiger partial charge >= 0.3 is 6.55 Å². The van der Waals surface area contributed by atoms with Crippen LogP contribution in [0.25, 0.3) is 11.3 Å². The van der Waals surface area contributed by atoms with Gasteiger partial charge in [0.05, 0.1) is 18.1 Å². The van der Waals surface area contributed by atoms with Crippen LogP contribution in [0.1, 0.15) is 25.7 Å². The first kappa shape index (κ1) is 15.3. The summed E-state index contributed by atoms with van der Waals surface area (Å²) in [5, 5.41) is 3.69. The summed E-state index contributed by atoms with van der Waals surface area (Å²) in [5.74, 6) is 1.79. The van der Waals surface area contributed by atoms with E-state index in [-0.39, 0.29) is 11.8 Å². The number of aromatic nitrogens is 4. The monoisotopic (exact) mass is 335 g/mol. The van der Waals surface area contributed by atoms with Gasteiger partial charge in [0.2, 0.25) is 5.91 Å². The maximum absolute atomic E-state index is 12.7. The molecule has 3 heterocycles. The largest absolute Gasteiger partial charge is 0.340 e. The lowest BCUT2D eigenvalue weighted by Gasteiger charge is -2.20. The molecule has 1 amide bonds. The molecule has 8 heteroatoms. The highest BCUT2D eigenvalue weighted by molar-refractivity contribution is 5.81. The van der Waals surface area contributed by atoms with E-state index in [1.54, 1.807) is 6.20 Å². The fourth-order valence-electron chi connectivity index (χ4n) is 3.36. The van der Waals surface area contributed by atoms with Gasteiger partial charge < -0.3 is 9.47 Å². The van der Waals surface area contributed by atoms with E-state index < -0.39 is 6.55 Å². The Kier molecular flexibility index (Phi) is 3.62. The first-order chi connectivity index (χ1) is 11.5. The molecule has 2 atom stereocenters. The third-order valence-electron chi connectivity index (χ3n) is 4.97. The van der Waals surface area contributed by atoms with Gasteiger partial charge in [-0.2, -0.15) is 13.9 Å². The van der Waals surface area contributed by atoms with Crippen LogP contribution in [0.4, 0.5) is 8.78 Å². The number of carbonyl (C=O) groups is 1. The third kappa shape index (κ3) is 2.59. The highest BCUT2D eigenvalue weighted by Crippen LogP contribution is 2.39. The van der Waals surface area contributed by atoms with Crippen molar-refractivity contribution in [2.45, 2.75) is 32.9 Å². The number of carbonyl (C=O) groups excluding carboxylic acids is 1. The first-order valence-corrected chi connectivity index (χ1v) is 8.20. The van der Waals surface area contributed by atoms with Gasteiger partial charge in [-0.05, 0) is 12.3 Å². The van der Waals surface area contributed by atoms with Gasteiger partial charge in [-0.15, -0.1) is 0 Å². The predicted molar refractivity (Wildman–Crippen MR) is 82.3 cm³/mol. The van der Waals surface area contributed by atoms with E-state index in [9.17, 15) is 13.6 Å². The topological polar surface area (TPSA) is 56.0 Å². The lowest BCUT2D eigenvalue weighted by Crippen LogP contribution is -2.35. The maximum Gasteiger partial charge on any atom is 0.333 e. The molecule has 6 nitrogen and oxygen atoms in total. The Bertz CT molecular complexity index is 768. The third-order valence-corrected chi connectivity index (χ3v) is 4.97. The van der Waals surface area contributed by atoms with E-state index in [0.717, 1.165) is 17.9 Å². The summed E-state index contributed by atoms with van der Waals surface area (Å²) in [7, 11) is 0. The van der Waals surface area contributed by atoms with Gasteiger partial charge in [0.1, 0.15) is 5.82 Å². The average Bonchev–Trinajstić information content (AvgIpc) is 2.97. The average molecular weight is 335 g/mol. The fourth-order valence-corrected chi connectivity index (χ4v) is 3.36. The van der Waals surface area contributed by atoms with Crippen LogP contribution >= 0.6 is 0 Å². The molecule has 2 aromatic heterocycles. The van der Waals surface area contributed by atoms with E-state index in [0.29, 0.717) is 42.2 Å². The number of amides is 1.